The van der Waals surface area contributed by atoms with E-state index in [4.69, 9.17) is 0 Å². The van der Waals surface area contributed by atoms with Gasteiger partial charge in [-0.2, -0.15) is 0 Å². The Morgan fingerprint density at radius 2 is 1.47 bits per heavy atom. The van der Waals surface area contributed by atoms with Gasteiger partial charge in [0.05, 0.1) is 0 Å². The zero-order valence-electron chi connectivity index (χ0n) is 28.8. The molecule has 2 N–H and O–H groups in total. The molecule has 0 fully saturated rings. The lowest BCUT2D eigenvalue weighted by atomic mass is 9.98. The van der Waals surface area contributed by atoms with Gasteiger partial charge in [0.15, 0.2) is 11.6 Å². The number of halogens is 2. The number of rotatable bonds is 15. The number of aromatic nitrogens is 1. The maximum absolute atomic E-state index is 14.5. The van der Waals surface area contributed by atoms with Crippen LogP contribution in [0.15, 0.2) is 97.3 Å². The first-order valence-electron chi connectivity index (χ1n) is 16.4. The van der Waals surface area contributed by atoms with Gasteiger partial charge in [0, 0.05) is 51.4 Å². The Kier molecular flexibility index (Phi) is 12.7. The number of hydrogen-bond donors (Lipinski definition) is 2. The summed E-state index contributed by atoms with van der Waals surface area (Å²) in [5.74, 6) is -3.34. The fourth-order valence-corrected chi connectivity index (χ4v) is 5.49. The molecule has 0 saturated carbocycles. The third-order valence-electron chi connectivity index (χ3n) is 8.90. The van der Waals surface area contributed by atoms with Crippen LogP contribution < -0.4 is 10.6 Å². The van der Waals surface area contributed by atoms with Crippen LogP contribution in [0.4, 0.5) is 8.78 Å². The number of hydrogen-bond acceptors (Lipinski definition) is 5. The van der Waals surface area contributed by atoms with E-state index in [9.17, 15) is 23.2 Å². The van der Waals surface area contributed by atoms with Gasteiger partial charge in [0.1, 0.15) is 12.1 Å². The minimum absolute atomic E-state index is 0.0696. The van der Waals surface area contributed by atoms with E-state index in [1.165, 1.54) is 29.0 Å². The largest absolute Gasteiger partial charge is 0.354 e. The number of carbonyl (C=O) groups is 3. The molecule has 10 heteroatoms. The van der Waals surface area contributed by atoms with E-state index in [0.717, 1.165) is 34.0 Å². The fraction of sp³-hybridized carbons (Fsp3) is 0.333. The lowest BCUT2D eigenvalue weighted by Crippen LogP contribution is -2.56. The number of benzene rings is 3. The molecule has 0 bridgehead atoms. The summed E-state index contributed by atoms with van der Waals surface area (Å²) in [5, 5.41) is 8.14. The molecule has 0 aliphatic rings. The van der Waals surface area contributed by atoms with Crippen molar-refractivity contribution in [2.75, 3.05) is 27.7 Å². The number of fused-ring (bicyclic) bond motifs is 1. The third-order valence-corrected chi connectivity index (χ3v) is 8.90. The Balaban J connectivity index is 1.64. The highest BCUT2D eigenvalue weighted by Crippen LogP contribution is 2.21. The monoisotopic (exact) mass is 669 g/mol. The summed E-state index contributed by atoms with van der Waals surface area (Å²) in [4.78, 5) is 48.5. The van der Waals surface area contributed by atoms with E-state index >= 15 is 0 Å². The average molecular weight is 670 g/mol. The van der Waals surface area contributed by atoms with Crippen molar-refractivity contribution in [3.05, 3.63) is 126 Å². The van der Waals surface area contributed by atoms with Crippen LogP contribution in [0.1, 0.15) is 37.0 Å². The van der Waals surface area contributed by atoms with Crippen molar-refractivity contribution in [1.29, 1.82) is 0 Å². The number of nitrogens with one attached hydrogen (secondary N) is 2. The molecular weight excluding hydrogens is 624 g/mol. The predicted octanol–water partition coefficient (Wildman–Crippen LogP) is 5.26. The maximum Gasteiger partial charge on any atom is 0.246 e. The molecule has 4 rings (SSSR count). The van der Waals surface area contributed by atoms with Crippen LogP contribution in [0.2, 0.25) is 0 Å². The van der Waals surface area contributed by atoms with E-state index in [1.54, 1.807) is 25.5 Å². The van der Waals surface area contributed by atoms with Crippen molar-refractivity contribution in [3.8, 4) is 0 Å². The standard InChI is InChI=1S/C39H45F2N5O3/c1-39(2,42-3)19-8-11-36(47)45(4)35(26-28-12-14-30-9-6-7-10-31(30)23-28)38(49)46(5)34(25-29-13-15-32(40)33(41)24-29)37(48)44-22-18-27-16-20-43-21-17-27/h6-17,20-21,23-24,34-35,42H,18-19,22,25-26H2,1-5H3,(H,44,48)/b11-8+/t34-,35-/m1/s1. The zero-order chi connectivity index (χ0) is 35.6. The highest BCUT2D eigenvalue weighted by molar-refractivity contribution is 5.95. The van der Waals surface area contributed by atoms with Crippen molar-refractivity contribution in [1.82, 2.24) is 25.4 Å². The van der Waals surface area contributed by atoms with Gasteiger partial charge in [-0.1, -0.05) is 54.6 Å². The first-order chi connectivity index (χ1) is 23.4. The van der Waals surface area contributed by atoms with Gasteiger partial charge in [-0.25, -0.2) is 8.78 Å². The molecule has 1 aromatic heterocycles. The smallest absolute Gasteiger partial charge is 0.246 e. The number of nitrogens with zero attached hydrogens (tertiary/aromatic N) is 3. The summed E-state index contributed by atoms with van der Waals surface area (Å²) in [5.41, 5.74) is 1.93. The van der Waals surface area contributed by atoms with Gasteiger partial charge >= 0.3 is 0 Å². The van der Waals surface area contributed by atoms with Crippen LogP contribution in [0.3, 0.4) is 0 Å². The zero-order valence-corrected chi connectivity index (χ0v) is 28.8. The average Bonchev–Trinajstić information content (AvgIpc) is 3.10. The quantitative estimate of drug-likeness (QED) is 0.169. The molecule has 49 heavy (non-hydrogen) atoms. The number of amides is 3. The van der Waals surface area contributed by atoms with Gasteiger partial charge in [-0.15, -0.1) is 0 Å². The van der Waals surface area contributed by atoms with Crippen molar-refractivity contribution >= 4 is 28.5 Å². The molecule has 1 heterocycles. The Morgan fingerprint density at radius 3 is 2.16 bits per heavy atom. The fourth-order valence-electron chi connectivity index (χ4n) is 5.49. The minimum Gasteiger partial charge on any atom is -0.354 e. The number of carbonyl (C=O) groups excluding carboxylic acids is 3. The summed E-state index contributed by atoms with van der Waals surface area (Å²) >= 11 is 0. The maximum atomic E-state index is 14.5. The molecule has 3 amide bonds. The van der Waals surface area contributed by atoms with Crippen LogP contribution in [-0.4, -0.2) is 77.8 Å². The summed E-state index contributed by atoms with van der Waals surface area (Å²) in [6, 6.07) is 18.8. The van der Waals surface area contributed by atoms with Crippen LogP contribution in [0.25, 0.3) is 10.8 Å². The van der Waals surface area contributed by atoms with E-state index in [-0.39, 0.29) is 30.8 Å². The predicted molar refractivity (Wildman–Crippen MR) is 189 cm³/mol. The summed E-state index contributed by atoms with van der Waals surface area (Å²) in [6.07, 6.45) is 7.81. The third kappa shape index (κ3) is 10.3. The summed E-state index contributed by atoms with van der Waals surface area (Å²) in [7, 11) is 4.93. The van der Waals surface area contributed by atoms with Crippen molar-refractivity contribution in [2.24, 2.45) is 0 Å². The van der Waals surface area contributed by atoms with Crippen molar-refractivity contribution in [2.45, 2.75) is 57.2 Å². The van der Waals surface area contributed by atoms with Gasteiger partial charge in [0.25, 0.3) is 0 Å². The van der Waals surface area contributed by atoms with E-state index in [2.05, 4.69) is 15.6 Å². The molecule has 0 radical (unpaired) electrons. The second-order valence-electron chi connectivity index (χ2n) is 12.9. The van der Waals surface area contributed by atoms with Crippen molar-refractivity contribution in [3.63, 3.8) is 0 Å². The molecule has 0 spiro atoms. The highest BCUT2D eigenvalue weighted by Gasteiger charge is 2.35. The summed E-state index contributed by atoms with van der Waals surface area (Å²) in [6.45, 7) is 4.31. The first-order valence-corrected chi connectivity index (χ1v) is 16.4. The van der Waals surface area contributed by atoms with Gasteiger partial charge in [0.2, 0.25) is 17.7 Å². The SMILES string of the molecule is CNC(C)(C)C/C=C/C(=O)N(C)[C@H](Cc1ccc2ccccc2c1)C(=O)N(C)[C@H](Cc1ccc(F)c(F)c1)C(=O)NCCc1ccncc1. The molecule has 0 aliphatic heterocycles. The summed E-state index contributed by atoms with van der Waals surface area (Å²) < 4.78 is 28.0. The topological polar surface area (TPSA) is 94.6 Å². The molecule has 0 aliphatic carbocycles. The van der Waals surface area contributed by atoms with E-state index in [0.29, 0.717) is 18.4 Å². The normalized spacial score (nSPS) is 12.9. The molecule has 0 saturated heterocycles. The van der Waals surface area contributed by atoms with Gasteiger partial charge in [-0.3, -0.25) is 19.4 Å². The van der Waals surface area contributed by atoms with Crippen LogP contribution in [-0.2, 0) is 33.6 Å². The van der Waals surface area contributed by atoms with E-state index < -0.39 is 35.5 Å². The highest BCUT2D eigenvalue weighted by atomic mass is 19.2. The number of pyridine rings is 1. The molecule has 258 valence electrons. The molecule has 3 aromatic carbocycles. The Hall–Kier alpha value is -4.96. The molecular formula is C39H45F2N5O3. The first kappa shape index (κ1) is 36.9. The second kappa shape index (κ2) is 16.9. The molecule has 0 unspecified atom stereocenters. The van der Waals surface area contributed by atoms with Crippen molar-refractivity contribution < 1.29 is 23.2 Å². The molecule has 4 aromatic rings. The lowest BCUT2D eigenvalue weighted by molar-refractivity contribution is -0.146. The second-order valence-corrected chi connectivity index (χ2v) is 12.9. The Labute approximate surface area is 287 Å². The number of likely N-dealkylation sites (N-methyl/N-ethyl adjacent to an activating group) is 2. The van der Waals surface area contributed by atoms with Crippen LogP contribution in [0.5, 0.6) is 0 Å². The lowest BCUT2D eigenvalue weighted by Gasteiger charge is -2.34. The van der Waals surface area contributed by atoms with Gasteiger partial charge in [-0.05, 0) is 91.5 Å². The van der Waals surface area contributed by atoms with Crippen LogP contribution in [0, 0.1) is 11.6 Å². The van der Waals surface area contributed by atoms with E-state index in [1.807, 2.05) is 75.5 Å². The molecule has 2 atom stereocenters. The molecule has 8 nitrogen and oxygen atoms in total. The van der Waals surface area contributed by atoms with Crippen LogP contribution >= 0.6 is 0 Å². The minimum atomic E-state index is -1.08. The Morgan fingerprint density at radius 1 is 0.816 bits per heavy atom. The van der Waals surface area contributed by atoms with Gasteiger partial charge < -0.3 is 20.4 Å². The Bertz CT molecular complexity index is 1780.